The first-order chi connectivity index (χ1) is 8.43. The van der Waals surface area contributed by atoms with Gasteiger partial charge < -0.3 is 0 Å². The van der Waals surface area contributed by atoms with Gasteiger partial charge in [-0.2, -0.15) is 0 Å². The molecule has 0 atom stereocenters. The van der Waals surface area contributed by atoms with E-state index in [4.69, 9.17) is 11.6 Å². The van der Waals surface area contributed by atoms with E-state index in [1.54, 1.807) is 0 Å². The van der Waals surface area contributed by atoms with Gasteiger partial charge in [0, 0.05) is 19.2 Å². The Balaban J connectivity index is 3.05. The van der Waals surface area contributed by atoms with Gasteiger partial charge in [-0.05, 0) is 24.6 Å². The summed E-state index contributed by atoms with van der Waals surface area (Å²) in [6, 6.07) is 3.70. The Morgan fingerprint density at radius 2 is 2.06 bits per heavy atom. The van der Waals surface area contributed by atoms with E-state index in [2.05, 4.69) is 0 Å². The summed E-state index contributed by atoms with van der Waals surface area (Å²) >= 11 is 5.57. The standard InChI is InChI=1S/C12H17ClFNO2S/c1-3-4-7-15(2)18(16,17)11-5-6-12(14)10(8-11)9-13/h5-6,8H,3-4,7,9H2,1-2H3. The molecular formula is C12H17ClFNO2S. The van der Waals surface area contributed by atoms with E-state index >= 15 is 0 Å². The Bertz CT molecular complexity index is 505. The van der Waals surface area contributed by atoms with Crippen LogP contribution in [0.3, 0.4) is 0 Å². The third-order valence-electron chi connectivity index (χ3n) is 2.70. The number of rotatable bonds is 6. The van der Waals surface area contributed by atoms with Gasteiger partial charge in [0.1, 0.15) is 5.82 Å². The van der Waals surface area contributed by atoms with Crippen LogP contribution in [0.2, 0.25) is 0 Å². The molecule has 0 aliphatic rings. The first-order valence-corrected chi connectivity index (χ1v) is 7.71. The highest BCUT2D eigenvalue weighted by Gasteiger charge is 2.21. The van der Waals surface area contributed by atoms with Gasteiger partial charge in [-0.25, -0.2) is 17.1 Å². The molecule has 0 saturated carbocycles. The van der Waals surface area contributed by atoms with Crippen LogP contribution >= 0.6 is 11.6 Å². The van der Waals surface area contributed by atoms with Gasteiger partial charge in [-0.3, -0.25) is 0 Å². The summed E-state index contributed by atoms with van der Waals surface area (Å²) in [5.41, 5.74) is 0.196. The Hall–Kier alpha value is -0.650. The second-order valence-electron chi connectivity index (χ2n) is 4.07. The lowest BCUT2D eigenvalue weighted by atomic mass is 10.2. The summed E-state index contributed by atoms with van der Waals surface area (Å²) in [5, 5.41) is 0. The van der Waals surface area contributed by atoms with Crippen molar-refractivity contribution in [3.05, 3.63) is 29.6 Å². The molecule has 0 fully saturated rings. The SMILES string of the molecule is CCCCN(C)S(=O)(=O)c1ccc(F)c(CCl)c1. The first-order valence-electron chi connectivity index (χ1n) is 5.74. The van der Waals surface area contributed by atoms with Crippen molar-refractivity contribution in [2.75, 3.05) is 13.6 Å². The van der Waals surface area contributed by atoms with Gasteiger partial charge in [0.15, 0.2) is 0 Å². The van der Waals surface area contributed by atoms with Crippen molar-refractivity contribution >= 4 is 21.6 Å². The van der Waals surface area contributed by atoms with E-state index in [1.165, 1.54) is 23.5 Å². The number of hydrogen-bond donors (Lipinski definition) is 0. The predicted octanol–water partition coefficient (Wildman–Crippen LogP) is 2.99. The van der Waals surface area contributed by atoms with Gasteiger partial charge in [0.2, 0.25) is 10.0 Å². The topological polar surface area (TPSA) is 37.4 Å². The van der Waals surface area contributed by atoms with Crippen molar-refractivity contribution in [3.63, 3.8) is 0 Å². The number of unbranched alkanes of at least 4 members (excludes halogenated alkanes) is 1. The van der Waals surface area contributed by atoms with Crippen LogP contribution in [0.4, 0.5) is 4.39 Å². The summed E-state index contributed by atoms with van der Waals surface area (Å²) in [6.07, 6.45) is 1.70. The molecule has 0 heterocycles. The van der Waals surface area contributed by atoms with Crippen molar-refractivity contribution in [1.82, 2.24) is 4.31 Å². The van der Waals surface area contributed by atoms with Crippen molar-refractivity contribution < 1.29 is 12.8 Å². The largest absolute Gasteiger partial charge is 0.242 e. The second kappa shape index (κ2) is 6.50. The Labute approximate surface area is 113 Å². The zero-order valence-corrected chi connectivity index (χ0v) is 12.1. The quantitative estimate of drug-likeness (QED) is 0.756. The normalized spacial score (nSPS) is 12.1. The Kier molecular flexibility index (Phi) is 5.56. The number of hydrogen-bond acceptors (Lipinski definition) is 2. The smallest absolute Gasteiger partial charge is 0.207 e. The lowest BCUT2D eigenvalue weighted by Crippen LogP contribution is -2.28. The average molecular weight is 294 g/mol. The number of halogens is 2. The molecule has 18 heavy (non-hydrogen) atoms. The highest BCUT2D eigenvalue weighted by molar-refractivity contribution is 7.89. The molecule has 0 spiro atoms. The van der Waals surface area contributed by atoms with E-state index < -0.39 is 15.8 Å². The minimum atomic E-state index is -3.55. The molecule has 0 saturated heterocycles. The van der Waals surface area contributed by atoms with Gasteiger partial charge in [0.05, 0.1) is 10.8 Å². The van der Waals surface area contributed by atoms with Crippen LogP contribution < -0.4 is 0 Å². The lowest BCUT2D eigenvalue weighted by molar-refractivity contribution is 0.459. The van der Waals surface area contributed by atoms with Gasteiger partial charge in [-0.15, -0.1) is 11.6 Å². The molecule has 0 unspecified atom stereocenters. The number of alkyl halides is 1. The van der Waals surface area contributed by atoms with Crippen LogP contribution in [0.5, 0.6) is 0 Å². The fraction of sp³-hybridized carbons (Fsp3) is 0.500. The summed E-state index contributed by atoms with van der Waals surface area (Å²) in [7, 11) is -2.03. The molecule has 0 aromatic heterocycles. The maximum Gasteiger partial charge on any atom is 0.242 e. The highest BCUT2D eigenvalue weighted by atomic mass is 35.5. The maximum atomic E-state index is 13.3. The van der Waals surface area contributed by atoms with Gasteiger partial charge in [0.25, 0.3) is 0 Å². The monoisotopic (exact) mass is 293 g/mol. The lowest BCUT2D eigenvalue weighted by Gasteiger charge is -2.17. The van der Waals surface area contributed by atoms with Crippen LogP contribution in [-0.4, -0.2) is 26.3 Å². The van der Waals surface area contributed by atoms with Gasteiger partial charge >= 0.3 is 0 Å². The molecule has 1 aromatic carbocycles. The molecular weight excluding hydrogens is 277 g/mol. The molecule has 102 valence electrons. The van der Waals surface area contributed by atoms with E-state index in [1.807, 2.05) is 6.92 Å². The fourth-order valence-electron chi connectivity index (χ4n) is 1.49. The maximum absolute atomic E-state index is 13.3. The zero-order chi connectivity index (χ0) is 13.8. The third-order valence-corrected chi connectivity index (χ3v) is 4.84. The molecule has 0 bridgehead atoms. The molecule has 1 aromatic rings. The van der Waals surface area contributed by atoms with Gasteiger partial charge in [-0.1, -0.05) is 13.3 Å². The molecule has 0 amide bonds. The molecule has 0 aliphatic carbocycles. The van der Waals surface area contributed by atoms with Crippen molar-refractivity contribution in [2.45, 2.75) is 30.5 Å². The molecule has 0 radical (unpaired) electrons. The summed E-state index contributed by atoms with van der Waals surface area (Å²) in [4.78, 5) is 0.0816. The Morgan fingerprint density at radius 3 is 2.61 bits per heavy atom. The highest BCUT2D eigenvalue weighted by Crippen LogP contribution is 2.19. The van der Waals surface area contributed by atoms with E-state index in [9.17, 15) is 12.8 Å². The van der Waals surface area contributed by atoms with Crippen LogP contribution in [-0.2, 0) is 15.9 Å². The number of sulfonamides is 1. The van der Waals surface area contributed by atoms with Crippen LogP contribution in [0.1, 0.15) is 25.3 Å². The summed E-state index contributed by atoms with van der Waals surface area (Å²) in [6.45, 7) is 2.44. The van der Waals surface area contributed by atoms with Crippen molar-refractivity contribution in [1.29, 1.82) is 0 Å². The van der Waals surface area contributed by atoms with Crippen molar-refractivity contribution in [3.8, 4) is 0 Å². The Morgan fingerprint density at radius 1 is 1.39 bits per heavy atom. The minimum Gasteiger partial charge on any atom is -0.207 e. The van der Waals surface area contributed by atoms with Crippen molar-refractivity contribution in [2.24, 2.45) is 0 Å². The minimum absolute atomic E-state index is 0.0478. The van der Waals surface area contributed by atoms with Crippen LogP contribution in [0.15, 0.2) is 23.1 Å². The molecule has 0 aliphatic heterocycles. The average Bonchev–Trinajstić information content (AvgIpc) is 2.36. The predicted molar refractivity (Wildman–Crippen MR) is 70.7 cm³/mol. The third kappa shape index (κ3) is 3.43. The molecule has 1 rings (SSSR count). The summed E-state index contributed by atoms with van der Waals surface area (Å²) < 4.78 is 38.9. The molecule has 0 N–H and O–H groups in total. The number of nitrogens with zero attached hydrogens (tertiary/aromatic N) is 1. The first kappa shape index (κ1) is 15.4. The van der Waals surface area contributed by atoms with E-state index in [0.29, 0.717) is 6.54 Å². The zero-order valence-electron chi connectivity index (χ0n) is 10.5. The molecule has 3 nitrogen and oxygen atoms in total. The van der Waals surface area contributed by atoms with Crippen LogP contribution in [0, 0.1) is 5.82 Å². The second-order valence-corrected chi connectivity index (χ2v) is 6.38. The number of benzene rings is 1. The van der Waals surface area contributed by atoms with E-state index in [0.717, 1.165) is 18.9 Å². The molecule has 6 heteroatoms. The van der Waals surface area contributed by atoms with E-state index in [-0.39, 0.29) is 16.3 Å². The fourth-order valence-corrected chi connectivity index (χ4v) is 2.96. The summed E-state index contributed by atoms with van der Waals surface area (Å²) in [5.74, 6) is -0.534. The van der Waals surface area contributed by atoms with Crippen LogP contribution in [0.25, 0.3) is 0 Å².